The van der Waals surface area contributed by atoms with E-state index in [-0.39, 0.29) is 29.5 Å². The Labute approximate surface area is 163 Å². The van der Waals surface area contributed by atoms with E-state index in [1.165, 1.54) is 18.7 Å². The molecule has 8 heteroatoms. The normalized spacial score (nSPS) is 17.0. The number of hydrogen-bond donors (Lipinski definition) is 3. The number of carbonyl (C=O) groups is 3. The van der Waals surface area contributed by atoms with Gasteiger partial charge in [-0.25, -0.2) is 0 Å². The molecule has 2 unspecified atom stereocenters. The third-order valence-corrected chi connectivity index (χ3v) is 5.62. The summed E-state index contributed by atoms with van der Waals surface area (Å²) < 4.78 is 5.28. The van der Waals surface area contributed by atoms with Crippen molar-refractivity contribution in [2.75, 3.05) is 25.1 Å². The standard InChI is InChI=1S/C19H26N2O5S/c1-12(27-16-5-3-15(4-6-16)21-13(2)22)18(23)20-11-17(19(24)25)14-7-9-26-10-8-14/h3-6,12,14,17H,7-11H2,1-2H3,(H,20,23)(H,21,22)(H,24,25). The first kappa shape index (κ1) is 21.2. The van der Waals surface area contributed by atoms with Gasteiger partial charge in [0.2, 0.25) is 11.8 Å². The number of anilines is 1. The van der Waals surface area contributed by atoms with Gasteiger partial charge in [-0.15, -0.1) is 11.8 Å². The first-order valence-corrected chi connectivity index (χ1v) is 9.87. The van der Waals surface area contributed by atoms with Gasteiger partial charge >= 0.3 is 5.97 Å². The highest BCUT2D eigenvalue weighted by atomic mass is 32.2. The van der Waals surface area contributed by atoms with Gasteiger partial charge < -0.3 is 20.5 Å². The lowest BCUT2D eigenvalue weighted by molar-refractivity contribution is -0.145. The quantitative estimate of drug-likeness (QED) is 0.585. The van der Waals surface area contributed by atoms with E-state index in [9.17, 15) is 19.5 Å². The molecule has 1 heterocycles. The number of aliphatic carboxylic acids is 1. The summed E-state index contributed by atoms with van der Waals surface area (Å²) in [7, 11) is 0. The molecule has 0 aromatic heterocycles. The average molecular weight is 394 g/mol. The van der Waals surface area contributed by atoms with E-state index in [0.717, 1.165) is 4.90 Å². The second-order valence-corrected chi connectivity index (χ2v) is 8.02. The second-order valence-electron chi connectivity index (χ2n) is 6.61. The van der Waals surface area contributed by atoms with Crippen molar-refractivity contribution in [2.45, 2.75) is 36.8 Å². The Morgan fingerprint density at radius 1 is 1.22 bits per heavy atom. The molecule has 1 saturated heterocycles. The summed E-state index contributed by atoms with van der Waals surface area (Å²) in [6, 6.07) is 7.23. The molecular formula is C19H26N2O5S. The Balaban J connectivity index is 1.85. The monoisotopic (exact) mass is 394 g/mol. The topological polar surface area (TPSA) is 105 Å². The van der Waals surface area contributed by atoms with E-state index in [0.29, 0.717) is 31.7 Å². The number of nitrogens with one attached hydrogen (secondary N) is 2. The smallest absolute Gasteiger partial charge is 0.308 e. The van der Waals surface area contributed by atoms with Crippen molar-refractivity contribution in [3.05, 3.63) is 24.3 Å². The Kier molecular flexibility index (Phi) is 8.12. The van der Waals surface area contributed by atoms with Gasteiger partial charge in [-0.05, 0) is 49.9 Å². The summed E-state index contributed by atoms with van der Waals surface area (Å²) in [5, 5.41) is 14.6. The van der Waals surface area contributed by atoms with Crippen LogP contribution in [0.3, 0.4) is 0 Å². The largest absolute Gasteiger partial charge is 0.481 e. The lowest BCUT2D eigenvalue weighted by Crippen LogP contribution is -2.41. The predicted molar refractivity (Wildman–Crippen MR) is 104 cm³/mol. The maximum atomic E-state index is 12.4. The van der Waals surface area contributed by atoms with Crippen molar-refractivity contribution in [2.24, 2.45) is 11.8 Å². The van der Waals surface area contributed by atoms with Gasteiger partial charge in [-0.2, -0.15) is 0 Å². The van der Waals surface area contributed by atoms with Crippen molar-refractivity contribution in [3.8, 4) is 0 Å². The molecule has 2 atom stereocenters. The first-order valence-electron chi connectivity index (χ1n) is 8.99. The van der Waals surface area contributed by atoms with E-state index >= 15 is 0 Å². The molecular weight excluding hydrogens is 368 g/mol. The van der Waals surface area contributed by atoms with E-state index < -0.39 is 11.9 Å². The first-order chi connectivity index (χ1) is 12.9. The molecule has 1 fully saturated rings. The molecule has 0 bridgehead atoms. The molecule has 1 aromatic rings. The molecule has 7 nitrogen and oxygen atoms in total. The van der Waals surface area contributed by atoms with Gasteiger partial charge in [-0.3, -0.25) is 14.4 Å². The zero-order chi connectivity index (χ0) is 19.8. The summed E-state index contributed by atoms with van der Waals surface area (Å²) >= 11 is 1.38. The number of rotatable bonds is 8. The number of amides is 2. The third kappa shape index (κ3) is 6.88. The van der Waals surface area contributed by atoms with Crippen molar-refractivity contribution in [1.82, 2.24) is 5.32 Å². The summed E-state index contributed by atoms with van der Waals surface area (Å²) in [5.41, 5.74) is 0.699. The average Bonchev–Trinajstić information content (AvgIpc) is 2.63. The Morgan fingerprint density at radius 3 is 2.41 bits per heavy atom. The van der Waals surface area contributed by atoms with Crippen molar-refractivity contribution in [1.29, 1.82) is 0 Å². The Bertz CT molecular complexity index is 659. The van der Waals surface area contributed by atoms with Crippen LogP contribution >= 0.6 is 11.8 Å². The molecule has 0 spiro atoms. The molecule has 1 aromatic carbocycles. The fourth-order valence-electron chi connectivity index (χ4n) is 3.01. The maximum Gasteiger partial charge on any atom is 0.308 e. The summed E-state index contributed by atoms with van der Waals surface area (Å²) in [5.74, 6) is -1.77. The summed E-state index contributed by atoms with van der Waals surface area (Å²) in [4.78, 5) is 35.8. The van der Waals surface area contributed by atoms with Crippen LogP contribution in [-0.2, 0) is 19.1 Å². The number of carboxylic acid groups (broad SMARTS) is 1. The number of hydrogen-bond acceptors (Lipinski definition) is 5. The fraction of sp³-hybridized carbons (Fsp3) is 0.526. The Morgan fingerprint density at radius 2 is 1.85 bits per heavy atom. The van der Waals surface area contributed by atoms with Crippen LogP contribution in [0.15, 0.2) is 29.2 Å². The van der Waals surface area contributed by atoms with Gasteiger partial charge in [0.15, 0.2) is 0 Å². The second kappa shape index (κ2) is 10.3. The third-order valence-electron chi connectivity index (χ3n) is 4.51. The minimum absolute atomic E-state index is 0.0285. The van der Waals surface area contributed by atoms with Crippen LogP contribution in [0.2, 0.25) is 0 Å². The lowest BCUT2D eigenvalue weighted by Gasteiger charge is -2.28. The maximum absolute atomic E-state index is 12.4. The van der Waals surface area contributed by atoms with Crippen LogP contribution in [0, 0.1) is 11.8 Å². The predicted octanol–water partition coefficient (Wildman–Crippen LogP) is 2.37. The lowest BCUT2D eigenvalue weighted by atomic mass is 9.86. The van der Waals surface area contributed by atoms with Gasteiger partial charge in [0.05, 0.1) is 11.2 Å². The van der Waals surface area contributed by atoms with Gasteiger partial charge in [-0.1, -0.05) is 0 Å². The molecule has 1 aliphatic rings. The number of benzene rings is 1. The van der Waals surface area contributed by atoms with Crippen LogP contribution < -0.4 is 10.6 Å². The number of ether oxygens (including phenoxy) is 1. The number of carbonyl (C=O) groups excluding carboxylic acids is 2. The molecule has 148 valence electrons. The zero-order valence-electron chi connectivity index (χ0n) is 15.6. The van der Waals surface area contributed by atoms with E-state index in [2.05, 4.69) is 10.6 Å². The van der Waals surface area contributed by atoms with E-state index in [1.807, 2.05) is 12.1 Å². The molecule has 1 aliphatic heterocycles. The highest BCUT2D eigenvalue weighted by Gasteiger charge is 2.30. The summed E-state index contributed by atoms with van der Waals surface area (Å²) in [6.07, 6.45) is 1.41. The van der Waals surface area contributed by atoms with Crippen molar-refractivity contribution in [3.63, 3.8) is 0 Å². The minimum Gasteiger partial charge on any atom is -0.481 e. The van der Waals surface area contributed by atoms with E-state index in [1.54, 1.807) is 19.1 Å². The van der Waals surface area contributed by atoms with Crippen LogP contribution in [0.1, 0.15) is 26.7 Å². The number of thioether (sulfide) groups is 1. The van der Waals surface area contributed by atoms with Crippen LogP contribution in [0.4, 0.5) is 5.69 Å². The summed E-state index contributed by atoms with van der Waals surface area (Å²) in [6.45, 7) is 4.50. The molecule has 0 radical (unpaired) electrons. The number of carboxylic acids is 1. The molecule has 0 aliphatic carbocycles. The SMILES string of the molecule is CC(=O)Nc1ccc(SC(C)C(=O)NCC(C(=O)O)C2CCOCC2)cc1. The highest BCUT2D eigenvalue weighted by molar-refractivity contribution is 8.00. The highest BCUT2D eigenvalue weighted by Crippen LogP contribution is 2.26. The van der Waals surface area contributed by atoms with Crippen LogP contribution in [-0.4, -0.2) is 47.9 Å². The molecule has 0 saturated carbocycles. The van der Waals surface area contributed by atoms with Crippen LogP contribution in [0.25, 0.3) is 0 Å². The van der Waals surface area contributed by atoms with Gasteiger partial charge in [0.1, 0.15) is 0 Å². The molecule has 3 N–H and O–H groups in total. The van der Waals surface area contributed by atoms with Crippen LogP contribution in [0.5, 0.6) is 0 Å². The Hall–Kier alpha value is -2.06. The van der Waals surface area contributed by atoms with Gasteiger partial charge in [0, 0.05) is 37.3 Å². The van der Waals surface area contributed by atoms with Gasteiger partial charge in [0.25, 0.3) is 0 Å². The van der Waals surface area contributed by atoms with Crippen molar-refractivity contribution < 1.29 is 24.2 Å². The molecule has 27 heavy (non-hydrogen) atoms. The zero-order valence-corrected chi connectivity index (χ0v) is 16.4. The minimum atomic E-state index is -0.879. The fourth-order valence-corrected chi connectivity index (χ4v) is 3.90. The van der Waals surface area contributed by atoms with Crippen molar-refractivity contribution >= 4 is 35.2 Å². The molecule has 2 amide bonds. The molecule has 2 rings (SSSR count). The van der Waals surface area contributed by atoms with E-state index in [4.69, 9.17) is 4.74 Å².